The van der Waals surface area contributed by atoms with Gasteiger partial charge in [0.15, 0.2) is 0 Å². The molecule has 0 saturated heterocycles. The van der Waals surface area contributed by atoms with Crippen molar-refractivity contribution in [3.63, 3.8) is 0 Å². The zero-order chi connectivity index (χ0) is 43.2. The van der Waals surface area contributed by atoms with Crippen LogP contribution >= 0.6 is 0 Å². The Morgan fingerprint density at radius 1 is 0.397 bits per heavy atom. The summed E-state index contributed by atoms with van der Waals surface area (Å²) in [6.07, 6.45) is 26.7. The maximum Gasteiger partial charge on any atom is 0.134 e. The van der Waals surface area contributed by atoms with Gasteiger partial charge in [-0.2, -0.15) is 0 Å². The third kappa shape index (κ3) is 15.9. The highest BCUT2D eigenvalue weighted by Gasteiger charge is 2.11. The Balaban J connectivity index is 1.03. The largest absolute Gasteiger partial charge is 0.494 e. The molecule has 4 N–H and O–H groups in total. The summed E-state index contributed by atoms with van der Waals surface area (Å²) >= 11 is 0. The third-order valence-corrected chi connectivity index (χ3v) is 10.3. The van der Waals surface area contributed by atoms with E-state index in [2.05, 4.69) is 95.9 Å². The van der Waals surface area contributed by atoms with Crippen LogP contribution < -0.4 is 35.5 Å². The topological polar surface area (TPSA) is 147 Å². The number of aryl methyl sites for hydroxylation is 4. The first kappa shape index (κ1) is 44.8. The normalized spacial score (nSPS) is 11.3. The summed E-state index contributed by atoms with van der Waals surface area (Å²) in [7, 11) is 0. The number of hydrogen-bond acceptors (Lipinski definition) is 11. The molecule has 0 aliphatic rings. The summed E-state index contributed by atoms with van der Waals surface area (Å²) in [5.41, 5.74) is 4.60. The molecule has 3 aromatic carbocycles. The van der Waals surface area contributed by atoms with Crippen molar-refractivity contribution >= 4 is 0 Å². The van der Waals surface area contributed by atoms with Crippen LogP contribution in [-0.4, -0.2) is 71.0 Å². The van der Waals surface area contributed by atoms with Crippen LogP contribution in [0.4, 0.5) is 0 Å². The van der Waals surface area contributed by atoms with Crippen LogP contribution in [0.2, 0.25) is 0 Å². The van der Waals surface area contributed by atoms with E-state index in [1.165, 1.54) is 0 Å². The molecule has 0 aliphatic heterocycles. The van der Waals surface area contributed by atoms with E-state index in [1.807, 2.05) is 100 Å². The van der Waals surface area contributed by atoms with Crippen molar-refractivity contribution in [2.75, 3.05) is 32.8 Å². The van der Waals surface area contributed by atoms with Crippen molar-refractivity contribution in [2.24, 2.45) is 0 Å². The number of nitrogens with zero attached hydrogens (tertiary/aromatic N) is 8. The fourth-order valence-corrected chi connectivity index (χ4v) is 7.32. The number of imidazole rings is 4. The zero-order valence-corrected chi connectivity index (χ0v) is 36.4. The minimum absolute atomic E-state index is 0.514. The van der Waals surface area contributed by atoms with Crippen molar-refractivity contribution in [2.45, 2.75) is 85.0 Å². The SMILES string of the molecule is CCOc1cc(Oc2cc(CNCCCn3ccnc3)cc(CNCCCn3ccnc3)c2)cc(Oc2cc(CNCCCn3ccnc3)cc(CNCCCn3ccnc3)c2)c1. The van der Waals surface area contributed by atoms with Crippen LogP contribution in [0.15, 0.2) is 129 Å². The monoisotopic (exact) mass is 855 g/mol. The number of rotatable bonds is 30. The average molecular weight is 855 g/mol. The molecule has 4 heterocycles. The lowest BCUT2D eigenvalue weighted by molar-refractivity contribution is 0.335. The van der Waals surface area contributed by atoms with Gasteiger partial charge in [0.25, 0.3) is 0 Å². The van der Waals surface area contributed by atoms with E-state index >= 15 is 0 Å². The molecule has 0 atom stereocenters. The molecule has 0 bridgehead atoms. The summed E-state index contributed by atoms with van der Waals surface area (Å²) in [4.78, 5) is 16.6. The molecule has 63 heavy (non-hydrogen) atoms. The van der Waals surface area contributed by atoms with Crippen molar-refractivity contribution in [3.05, 3.63) is 152 Å². The van der Waals surface area contributed by atoms with Gasteiger partial charge in [0.2, 0.25) is 0 Å². The van der Waals surface area contributed by atoms with Crippen LogP contribution in [0.5, 0.6) is 28.7 Å². The van der Waals surface area contributed by atoms with Crippen molar-refractivity contribution in [1.29, 1.82) is 0 Å². The predicted octanol–water partition coefficient (Wildman–Crippen LogP) is 7.18. The van der Waals surface area contributed by atoms with Crippen molar-refractivity contribution in [3.8, 4) is 28.7 Å². The Morgan fingerprint density at radius 2 is 0.698 bits per heavy atom. The van der Waals surface area contributed by atoms with E-state index in [0.29, 0.717) is 23.9 Å². The lowest BCUT2D eigenvalue weighted by Crippen LogP contribution is -2.18. The maximum atomic E-state index is 6.66. The van der Waals surface area contributed by atoms with Crippen LogP contribution in [-0.2, 0) is 52.4 Å². The predicted molar refractivity (Wildman–Crippen MR) is 245 cm³/mol. The smallest absolute Gasteiger partial charge is 0.134 e. The van der Waals surface area contributed by atoms with E-state index in [4.69, 9.17) is 14.2 Å². The summed E-state index contributed by atoms with van der Waals surface area (Å²) in [5.74, 6) is 3.46. The standard InChI is InChI=1S/C48H62N12O3/c1-2-61-44-29-47(62-45-25-40(32-49-7-3-15-57-19-11-53-36-57)23-41(26-45)33-50-8-4-16-58-20-12-54-37-58)31-48(30-44)63-46-27-42(34-51-9-5-17-59-21-13-55-38-59)24-43(28-46)35-52-10-6-18-60-22-14-56-39-60/h11-14,19-31,36-39,49-52H,2-10,15-18,32-35H2,1H3. The highest BCUT2D eigenvalue weighted by molar-refractivity contribution is 5.47. The molecule has 0 radical (unpaired) electrons. The van der Waals surface area contributed by atoms with Gasteiger partial charge in [-0.1, -0.05) is 12.1 Å². The van der Waals surface area contributed by atoms with E-state index in [0.717, 1.165) is 138 Å². The molecule has 7 aromatic rings. The van der Waals surface area contributed by atoms with E-state index in [9.17, 15) is 0 Å². The molecular weight excluding hydrogens is 793 g/mol. The van der Waals surface area contributed by atoms with Gasteiger partial charge in [-0.15, -0.1) is 0 Å². The van der Waals surface area contributed by atoms with Gasteiger partial charge in [0.05, 0.1) is 31.9 Å². The summed E-state index contributed by atoms with van der Waals surface area (Å²) < 4.78 is 27.8. The summed E-state index contributed by atoms with van der Waals surface area (Å²) in [5, 5.41) is 14.5. The minimum atomic E-state index is 0.514. The van der Waals surface area contributed by atoms with Gasteiger partial charge in [0.1, 0.15) is 28.7 Å². The zero-order valence-electron chi connectivity index (χ0n) is 36.4. The lowest BCUT2D eigenvalue weighted by Gasteiger charge is -2.16. The van der Waals surface area contributed by atoms with E-state index in [-0.39, 0.29) is 0 Å². The average Bonchev–Trinajstić information content (AvgIpc) is 4.14. The van der Waals surface area contributed by atoms with Gasteiger partial charge in [0, 0.05) is 120 Å². The lowest BCUT2D eigenvalue weighted by atomic mass is 10.1. The molecule has 0 saturated carbocycles. The van der Waals surface area contributed by atoms with E-state index < -0.39 is 0 Å². The summed E-state index contributed by atoms with van der Waals surface area (Å²) in [6, 6.07) is 18.7. The molecule has 0 fully saturated rings. The van der Waals surface area contributed by atoms with Gasteiger partial charge >= 0.3 is 0 Å². The second-order valence-corrected chi connectivity index (χ2v) is 15.6. The van der Waals surface area contributed by atoms with Gasteiger partial charge in [-0.05, 0) is 105 Å². The number of nitrogens with one attached hydrogen (secondary N) is 4. The highest BCUT2D eigenvalue weighted by atomic mass is 16.5. The molecular formula is C48H62N12O3. The molecule has 7 rings (SSSR count). The van der Waals surface area contributed by atoms with Gasteiger partial charge in [-0.25, -0.2) is 19.9 Å². The first-order valence-corrected chi connectivity index (χ1v) is 22.2. The first-order valence-electron chi connectivity index (χ1n) is 22.2. The molecule has 332 valence electrons. The molecule has 0 unspecified atom stereocenters. The van der Waals surface area contributed by atoms with Crippen LogP contribution in [0, 0.1) is 0 Å². The van der Waals surface area contributed by atoms with Crippen molar-refractivity contribution < 1.29 is 14.2 Å². The molecule has 0 spiro atoms. The molecule has 15 nitrogen and oxygen atoms in total. The van der Waals surface area contributed by atoms with E-state index in [1.54, 1.807) is 0 Å². The Labute approximate surface area is 370 Å². The Morgan fingerprint density at radius 3 is 0.984 bits per heavy atom. The van der Waals surface area contributed by atoms with Crippen LogP contribution in [0.25, 0.3) is 0 Å². The quantitative estimate of drug-likeness (QED) is 0.0342. The Kier molecular flexibility index (Phi) is 17.8. The molecule has 15 heteroatoms. The highest BCUT2D eigenvalue weighted by Crippen LogP contribution is 2.35. The Bertz CT molecular complexity index is 2010. The number of benzene rings is 3. The first-order chi connectivity index (χ1) is 31.1. The van der Waals surface area contributed by atoms with Crippen LogP contribution in [0.1, 0.15) is 54.9 Å². The number of ether oxygens (including phenoxy) is 3. The number of aromatic nitrogens is 8. The van der Waals surface area contributed by atoms with Gasteiger partial charge < -0.3 is 53.7 Å². The third-order valence-electron chi connectivity index (χ3n) is 10.3. The fourth-order valence-electron chi connectivity index (χ4n) is 7.32. The maximum absolute atomic E-state index is 6.66. The van der Waals surface area contributed by atoms with Crippen LogP contribution in [0.3, 0.4) is 0 Å². The second-order valence-electron chi connectivity index (χ2n) is 15.6. The molecule has 0 aliphatic carbocycles. The Hall–Kier alpha value is -6.26. The van der Waals surface area contributed by atoms with Crippen molar-refractivity contribution in [1.82, 2.24) is 59.5 Å². The molecule has 0 amide bonds. The molecule has 4 aromatic heterocycles. The second kappa shape index (κ2) is 25.0. The number of hydrogen-bond donors (Lipinski definition) is 4. The van der Waals surface area contributed by atoms with Gasteiger partial charge in [-0.3, -0.25) is 0 Å². The summed E-state index contributed by atoms with van der Waals surface area (Å²) in [6.45, 7) is 12.6. The fraction of sp³-hybridized carbons (Fsp3) is 0.375. The minimum Gasteiger partial charge on any atom is -0.494 e.